The van der Waals surface area contributed by atoms with Crippen molar-refractivity contribution in [3.8, 4) is 0 Å². The van der Waals surface area contributed by atoms with Crippen LogP contribution in [0.3, 0.4) is 0 Å². The molecule has 2 aromatic rings. The fraction of sp³-hybridized carbons (Fsp3) is 0.375. The minimum atomic E-state index is 0.145. The molecule has 0 spiro atoms. The van der Waals surface area contributed by atoms with E-state index in [0.29, 0.717) is 0 Å². The first-order valence-corrected chi connectivity index (χ1v) is 8.01. The predicted molar refractivity (Wildman–Crippen MR) is 86.7 cm³/mol. The van der Waals surface area contributed by atoms with Crippen LogP contribution < -0.4 is 10.6 Å². The number of hydrogen-bond acceptors (Lipinski definition) is 4. The number of rotatable bonds is 5. The molecule has 1 saturated carbocycles. The van der Waals surface area contributed by atoms with Gasteiger partial charge in [0.2, 0.25) is 5.91 Å². The highest BCUT2D eigenvalue weighted by Gasteiger charge is 2.29. The second kappa shape index (κ2) is 5.85. The summed E-state index contributed by atoms with van der Waals surface area (Å²) in [6.45, 7) is 4.85. The lowest BCUT2D eigenvalue weighted by Crippen LogP contribution is -2.13. The molecule has 5 heteroatoms. The van der Waals surface area contributed by atoms with E-state index < -0.39 is 0 Å². The quantitative estimate of drug-likeness (QED) is 0.885. The number of benzene rings is 1. The predicted octanol–water partition coefficient (Wildman–Crippen LogP) is 3.72. The van der Waals surface area contributed by atoms with Crippen LogP contribution in [0.15, 0.2) is 24.3 Å². The summed E-state index contributed by atoms with van der Waals surface area (Å²) in [6, 6.07) is 7.86. The Labute approximate surface area is 128 Å². The summed E-state index contributed by atoms with van der Waals surface area (Å²) in [6.07, 6.45) is 2.05. The van der Waals surface area contributed by atoms with Gasteiger partial charge in [0, 0.05) is 22.2 Å². The van der Waals surface area contributed by atoms with E-state index in [1.165, 1.54) is 4.88 Å². The molecule has 4 nitrogen and oxygen atoms in total. The second-order valence-electron chi connectivity index (χ2n) is 5.44. The molecule has 110 valence electrons. The summed E-state index contributed by atoms with van der Waals surface area (Å²) in [5, 5.41) is 7.43. The van der Waals surface area contributed by atoms with Crippen molar-refractivity contribution in [3.63, 3.8) is 0 Å². The number of carbonyl (C=O) groups excluding carboxylic acids is 1. The summed E-state index contributed by atoms with van der Waals surface area (Å²) < 4.78 is 0. The molecular weight excluding hydrogens is 282 g/mol. The Hall–Kier alpha value is -1.88. The van der Waals surface area contributed by atoms with E-state index in [1.54, 1.807) is 11.3 Å². The normalized spacial score (nSPS) is 14.0. The smallest absolute Gasteiger partial charge is 0.227 e. The standard InChI is InChI=1S/C16H19N3OS/c1-10-15(21-11(2)18-10)9-17-13-5-7-14(8-6-13)19-16(20)12-3-4-12/h5-8,12,17H,3-4,9H2,1-2H3,(H,19,20). The molecule has 0 radical (unpaired) electrons. The van der Waals surface area contributed by atoms with Gasteiger partial charge in [-0.15, -0.1) is 11.3 Å². The summed E-state index contributed by atoms with van der Waals surface area (Å²) in [7, 11) is 0. The van der Waals surface area contributed by atoms with Gasteiger partial charge < -0.3 is 10.6 Å². The maximum Gasteiger partial charge on any atom is 0.227 e. The van der Waals surface area contributed by atoms with Gasteiger partial charge in [0.25, 0.3) is 0 Å². The maximum absolute atomic E-state index is 11.7. The number of nitrogens with zero attached hydrogens (tertiary/aromatic N) is 1. The number of carbonyl (C=O) groups is 1. The van der Waals surface area contributed by atoms with Crippen molar-refractivity contribution in [2.24, 2.45) is 5.92 Å². The van der Waals surface area contributed by atoms with Crippen molar-refractivity contribution >= 4 is 28.6 Å². The molecule has 1 aromatic carbocycles. The maximum atomic E-state index is 11.7. The number of nitrogens with one attached hydrogen (secondary N) is 2. The third kappa shape index (κ3) is 3.61. The molecule has 0 atom stereocenters. The van der Waals surface area contributed by atoms with Gasteiger partial charge in [-0.05, 0) is 51.0 Å². The Morgan fingerprint density at radius 1 is 1.24 bits per heavy atom. The molecule has 21 heavy (non-hydrogen) atoms. The van der Waals surface area contributed by atoms with Crippen molar-refractivity contribution < 1.29 is 4.79 Å². The molecule has 0 aliphatic heterocycles. The zero-order valence-electron chi connectivity index (χ0n) is 12.3. The minimum absolute atomic E-state index is 0.145. The first-order chi connectivity index (χ1) is 10.1. The lowest BCUT2D eigenvalue weighted by atomic mass is 10.2. The Morgan fingerprint density at radius 3 is 2.48 bits per heavy atom. The SMILES string of the molecule is Cc1nc(C)c(CNc2ccc(NC(=O)C3CC3)cc2)s1. The highest BCUT2D eigenvalue weighted by molar-refractivity contribution is 7.11. The van der Waals surface area contributed by atoms with Gasteiger partial charge in [0.15, 0.2) is 0 Å². The second-order valence-corrected chi connectivity index (χ2v) is 6.72. The van der Waals surface area contributed by atoms with Crippen LogP contribution in [0.5, 0.6) is 0 Å². The molecule has 1 heterocycles. The molecule has 1 aliphatic carbocycles. The number of hydrogen-bond donors (Lipinski definition) is 2. The summed E-state index contributed by atoms with van der Waals surface area (Å²) in [4.78, 5) is 17.4. The molecule has 0 saturated heterocycles. The third-order valence-corrected chi connectivity index (χ3v) is 4.63. The Bertz CT molecular complexity index is 644. The molecule has 1 aliphatic rings. The number of amides is 1. The fourth-order valence-corrected chi connectivity index (χ4v) is 3.06. The van der Waals surface area contributed by atoms with Gasteiger partial charge in [-0.25, -0.2) is 4.98 Å². The highest BCUT2D eigenvalue weighted by Crippen LogP contribution is 2.30. The van der Waals surface area contributed by atoms with Crippen LogP contribution >= 0.6 is 11.3 Å². The summed E-state index contributed by atoms with van der Waals surface area (Å²) >= 11 is 1.72. The van der Waals surface area contributed by atoms with Crippen LogP contribution in [0.2, 0.25) is 0 Å². The summed E-state index contributed by atoms with van der Waals surface area (Å²) in [5.41, 5.74) is 3.01. The molecular formula is C16H19N3OS. The van der Waals surface area contributed by atoms with Crippen molar-refractivity contribution in [2.45, 2.75) is 33.2 Å². The molecule has 3 rings (SSSR count). The lowest BCUT2D eigenvalue weighted by Gasteiger charge is -2.08. The van der Waals surface area contributed by atoms with Crippen molar-refractivity contribution in [1.82, 2.24) is 4.98 Å². The van der Waals surface area contributed by atoms with Crippen LogP contribution in [-0.2, 0) is 11.3 Å². The topological polar surface area (TPSA) is 54.0 Å². The zero-order chi connectivity index (χ0) is 14.8. The van der Waals surface area contributed by atoms with Crippen LogP contribution in [0.4, 0.5) is 11.4 Å². The number of thiazole rings is 1. The molecule has 1 aromatic heterocycles. The van der Waals surface area contributed by atoms with E-state index in [2.05, 4.69) is 15.6 Å². The van der Waals surface area contributed by atoms with Gasteiger partial charge in [-0.1, -0.05) is 0 Å². The van der Waals surface area contributed by atoms with E-state index in [-0.39, 0.29) is 11.8 Å². The van der Waals surface area contributed by atoms with Gasteiger partial charge in [-0.2, -0.15) is 0 Å². The minimum Gasteiger partial charge on any atom is -0.380 e. The van der Waals surface area contributed by atoms with Gasteiger partial charge >= 0.3 is 0 Å². The first kappa shape index (κ1) is 14.1. The highest BCUT2D eigenvalue weighted by atomic mass is 32.1. The average molecular weight is 301 g/mol. The largest absolute Gasteiger partial charge is 0.380 e. The van der Waals surface area contributed by atoms with Crippen LogP contribution in [0.25, 0.3) is 0 Å². The Balaban J connectivity index is 1.56. The lowest BCUT2D eigenvalue weighted by molar-refractivity contribution is -0.117. The van der Waals surface area contributed by atoms with E-state index in [9.17, 15) is 4.79 Å². The zero-order valence-corrected chi connectivity index (χ0v) is 13.1. The van der Waals surface area contributed by atoms with Crippen LogP contribution in [0.1, 0.15) is 28.4 Å². The van der Waals surface area contributed by atoms with Crippen molar-refractivity contribution in [3.05, 3.63) is 39.8 Å². The van der Waals surface area contributed by atoms with Crippen molar-refractivity contribution in [1.29, 1.82) is 0 Å². The number of aryl methyl sites for hydroxylation is 2. The first-order valence-electron chi connectivity index (χ1n) is 7.19. The third-order valence-electron chi connectivity index (χ3n) is 3.55. The van der Waals surface area contributed by atoms with Gasteiger partial charge in [0.05, 0.1) is 17.2 Å². The molecule has 1 fully saturated rings. The number of aromatic nitrogens is 1. The fourth-order valence-electron chi connectivity index (χ4n) is 2.18. The summed E-state index contributed by atoms with van der Waals surface area (Å²) in [5.74, 6) is 0.381. The van der Waals surface area contributed by atoms with E-state index in [0.717, 1.165) is 41.5 Å². The molecule has 0 unspecified atom stereocenters. The van der Waals surface area contributed by atoms with Crippen LogP contribution in [-0.4, -0.2) is 10.9 Å². The number of anilines is 2. The molecule has 0 bridgehead atoms. The van der Waals surface area contributed by atoms with Crippen LogP contribution in [0, 0.1) is 19.8 Å². The van der Waals surface area contributed by atoms with E-state index in [4.69, 9.17) is 0 Å². The Morgan fingerprint density at radius 2 is 1.90 bits per heavy atom. The Kier molecular flexibility index (Phi) is 3.92. The van der Waals surface area contributed by atoms with Gasteiger partial charge in [0.1, 0.15) is 0 Å². The van der Waals surface area contributed by atoms with E-state index in [1.807, 2.05) is 38.1 Å². The van der Waals surface area contributed by atoms with Crippen molar-refractivity contribution in [2.75, 3.05) is 10.6 Å². The average Bonchev–Trinajstić information content (AvgIpc) is 3.25. The van der Waals surface area contributed by atoms with Gasteiger partial charge in [-0.3, -0.25) is 4.79 Å². The monoisotopic (exact) mass is 301 g/mol. The molecule has 2 N–H and O–H groups in total. The molecule has 1 amide bonds. The van der Waals surface area contributed by atoms with E-state index >= 15 is 0 Å².